The summed E-state index contributed by atoms with van der Waals surface area (Å²) in [7, 11) is 0. The first-order chi connectivity index (χ1) is 12.7. The smallest absolute Gasteiger partial charge is 0.225 e. The molecule has 132 valence electrons. The average Bonchev–Trinajstić information content (AvgIpc) is 3.18. The second-order valence-electron chi connectivity index (χ2n) is 6.84. The van der Waals surface area contributed by atoms with Gasteiger partial charge in [0.25, 0.3) is 0 Å². The Morgan fingerprint density at radius 2 is 2.15 bits per heavy atom. The van der Waals surface area contributed by atoms with Crippen molar-refractivity contribution in [3.05, 3.63) is 83.7 Å². The van der Waals surface area contributed by atoms with E-state index in [0.29, 0.717) is 6.42 Å². The van der Waals surface area contributed by atoms with Gasteiger partial charge in [-0.1, -0.05) is 30.3 Å². The zero-order chi connectivity index (χ0) is 17.9. The summed E-state index contributed by atoms with van der Waals surface area (Å²) in [6, 6.07) is 12.4. The number of rotatable bonds is 4. The fraction of sp³-hybridized carbons (Fsp3) is 0.286. The van der Waals surface area contributed by atoms with Crippen LogP contribution in [0.1, 0.15) is 40.9 Å². The van der Waals surface area contributed by atoms with E-state index in [1.165, 1.54) is 11.1 Å². The van der Waals surface area contributed by atoms with Gasteiger partial charge in [-0.15, -0.1) is 0 Å². The number of hydrogen-bond donors (Lipinski definition) is 1. The third-order valence-corrected chi connectivity index (χ3v) is 5.05. The first kappa shape index (κ1) is 16.5. The van der Waals surface area contributed by atoms with Crippen molar-refractivity contribution in [1.82, 2.24) is 19.9 Å². The Labute approximate surface area is 153 Å². The Kier molecular flexibility index (Phi) is 4.52. The largest absolute Gasteiger partial charge is 0.347 e. The van der Waals surface area contributed by atoms with Gasteiger partial charge in [0.1, 0.15) is 0 Å². The number of aromatic nitrogens is 3. The number of carbonyl (C=O) groups is 1. The maximum Gasteiger partial charge on any atom is 0.225 e. The number of amides is 1. The molecular formula is C21H22N4O. The number of pyridine rings is 1. The highest BCUT2D eigenvalue weighted by Crippen LogP contribution is 2.37. The second-order valence-corrected chi connectivity index (χ2v) is 6.84. The minimum absolute atomic E-state index is 0.0162. The molecule has 1 aliphatic carbocycles. The van der Waals surface area contributed by atoms with Crippen molar-refractivity contribution in [3.63, 3.8) is 0 Å². The van der Waals surface area contributed by atoms with Crippen LogP contribution >= 0.6 is 0 Å². The summed E-state index contributed by atoms with van der Waals surface area (Å²) in [6.07, 6.45) is 9.69. The number of imidazole rings is 1. The van der Waals surface area contributed by atoms with Crippen LogP contribution in [0.15, 0.2) is 61.3 Å². The molecule has 2 atom stereocenters. The highest BCUT2D eigenvalue weighted by molar-refractivity contribution is 5.79. The summed E-state index contributed by atoms with van der Waals surface area (Å²) in [4.78, 5) is 21.2. The fourth-order valence-electron chi connectivity index (χ4n) is 3.72. The molecular weight excluding hydrogens is 324 g/mol. The van der Waals surface area contributed by atoms with Gasteiger partial charge in [-0.05, 0) is 42.5 Å². The predicted octanol–water partition coefficient (Wildman–Crippen LogP) is 3.17. The van der Waals surface area contributed by atoms with Gasteiger partial charge in [0, 0.05) is 24.3 Å². The van der Waals surface area contributed by atoms with E-state index in [1.807, 2.05) is 37.6 Å². The van der Waals surface area contributed by atoms with Gasteiger partial charge in [-0.3, -0.25) is 9.78 Å². The molecule has 0 radical (unpaired) electrons. The van der Waals surface area contributed by atoms with Crippen LogP contribution in [-0.2, 0) is 17.6 Å². The van der Waals surface area contributed by atoms with Crippen LogP contribution in [0.5, 0.6) is 0 Å². The van der Waals surface area contributed by atoms with Crippen molar-refractivity contribution in [3.8, 4) is 0 Å². The predicted molar refractivity (Wildman–Crippen MR) is 99.6 cm³/mol. The summed E-state index contributed by atoms with van der Waals surface area (Å²) >= 11 is 0. The molecule has 0 unspecified atom stereocenters. The van der Waals surface area contributed by atoms with Gasteiger partial charge >= 0.3 is 0 Å². The van der Waals surface area contributed by atoms with Gasteiger partial charge < -0.3 is 9.88 Å². The second kappa shape index (κ2) is 7.12. The quantitative estimate of drug-likeness (QED) is 0.789. The molecule has 0 bridgehead atoms. The summed E-state index contributed by atoms with van der Waals surface area (Å²) < 4.78 is 2.11. The van der Waals surface area contributed by atoms with Crippen molar-refractivity contribution in [2.24, 2.45) is 0 Å². The number of hydrogen-bond acceptors (Lipinski definition) is 3. The molecule has 5 heteroatoms. The molecule has 0 fully saturated rings. The van der Waals surface area contributed by atoms with Crippen molar-refractivity contribution < 1.29 is 4.79 Å². The van der Waals surface area contributed by atoms with Crippen LogP contribution in [0.25, 0.3) is 0 Å². The fourth-order valence-corrected chi connectivity index (χ4v) is 3.72. The Bertz CT molecular complexity index is 887. The molecule has 1 N–H and O–H groups in total. The SMILES string of the molecule is Cc1ccc(CC(=O)N[C@@H]2c3ccccc3CC[C@H]2n2ccnc2)cn1. The number of fused-ring (bicyclic) bond motifs is 1. The van der Waals surface area contributed by atoms with E-state index >= 15 is 0 Å². The molecule has 0 aliphatic heterocycles. The van der Waals surface area contributed by atoms with E-state index in [1.54, 1.807) is 12.4 Å². The van der Waals surface area contributed by atoms with Crippen LogP contribution in [-0.4, -0.2) is 20.4 Å². The molecule has 1 amide bonds. The Morgan fingerprint density at radius 3 is 2.92 bits per heavy atom. The normalized spacial score (nSPS) is 19.0. The minimum Gasteiger partial charge on any atom is -0.347 e. The number of nitrogens with zero attached hydrogens (tertiary/aromatic N) is 3. The maximum absolute atomic E-state index is 12.7. The van der Waals surface area contributed by atoms with Gasteiger partial charge in [0.15, 0.2) is 0 Å². The molecule has 0 saturated heterocycles. The lowest BCUT2D eigenvalue weighted by atomic mass is 9.83. The molecule has 2 heterocycles. The lowest BCUT2D eigenvalue weighted by molar-refractivity contribution is -0.121. The van der Waals surface area contributed by atoms with Crippen molar-refractivity contribution in [2.75, 3.05) is 0 Å². The van der Waals surface area contributed by atoms with Crippen molar-refractivity contribution >= 4 is 5.91 Å². The molecule has 2 aromatic heterocycles. The first-order valence-electron chi connectivity index (χ1n) is 8.97. The number of nitrogens with one attached hydrogen (secondary N) is 1. The van der Waals surface area contributed by atoms with Crippen molar-refractivity contribution in [2.45, 2.75) is 38.3 Å². The highest BCUT2D eigenvalue weighted by atomic mass is 16.1. The van der Waals surface area contributed by atoms with Crippen LogP contribution < -0.4 is 5.32 Å². The van der Waals surface area contributed by atoms with Crippen LogP contribution in [0, 0.1) is 6.92 Å². The van der Waals surface area contributed by atoms with E-state index in [4.69, 9.17) is 0 Å². The van der Waals surface area contributed by atoms with E-state index in [2.05, 4.69) is 38.1 Å². The lowest BCUT2D eigenvalue weighted by Gasteiger charge is -2.35. The molecule has 1 aromatic carbocycles. The first-order valence-corrected chi connectivity index (χ1v) is 8.97. The molecule has 1 aliphatic rings. The van der Waals surface area contributed by atoms with Gasteiger partial charge in [0.2, 0.25) is 5.91 Å². The van der Waals surface area contributed by atoms with Crippen LogP contribution in [0.2, 0.25) is 0 Å². The molecule has 0 spiro atoms. The highest BCUT2D eigenvalue weighted by Gasteiger charge is 2.31. The van der Waals surface area contributed by atoms with Crippen LogP contribution in [0.4, 0.5) is 0 Å². The monoisotopic (exact) mass is 346 g/mol. The molecule has 26 heavy (non-hydrogen) atoms. The molecule has 0 saturated carbocycles. The Hall–Kier alpha value is -2.95. The standard InChI is InChI=1S/C21H22N4O/c1-15-6-7-16(13-23-15)12-20(26)24-21-18-5-3-2-4-17(18)8-9-19(21)25-11-10-22-14-25/h2-7,10-11,13-14,19,21H,8-9,12H2,1H3,(H,24,26)/t19-,21-/m1/s1. The van der Waals surface area contributed by atoms with E-state index in [9.17, 15) is 4.79 Å². The zero-order valence-corrected chi connectivity index (χ0v) is 14.8. The number of benzene rings is 1. The summed E-state index contributed by atoms with van der Waals surface area (Å²) in [5.74, 6) is 0.0162. The maximum atomic E-state index is 12.7. The van der Waals surface area contributed by atoms with E-state index in [-0.39, 0.29) is 18.0 Å². The molecule has 3 aromatic rings. The van der Waals surface area contributed by atoms with Crippen LogP contribution in [0.3, 0.4) is 0 Å². The minimum atomic E-state index is -0.0555. The molecule has 5 nitrogen and oxygen atoms in total. The summed E-state index contributed by atoms with van der Waals surface area (Å²) in [6.45, 7) is 1.94. The Morgan fingerprint density at radius 1 is 1.27 bits per heavy atom. The number of aryl methyl sites for hydroxylation is 2. The van der Waals surface area contributed by atoms with Crippen molar-refractivity contribution in [1.29, 1.82) is 0 Å². The Balaban J connectivity index is 1.58. The van der Waals surface area contributed by atoms with Gasteiger partial charge in [-0.25, -0.2) is 4.98 Å². The average molecular weight is 346 g/mol. The topological polar surface area (TPSA) is 59.8 Å². The summed E-state index contributed by atoms with van der Waals surface area (Å²) in [5.41, 5.74) is 4.39. The van der Waals surface area contributed by atoms with E-state index in [0.717, 1.165) is 24.1 Å². The summed E-state index contributed by atoms with van der Waals surface area (Å²) in [5, 5.41) is 3.26. The zero-order valence-electron chi connectivity index (χ0n) is 14.8. The third kappa shape index (κ3) is 3.38. The third-order valence-electron chi connectivity index (χ3n) is 5.05. The number of carbonyl (C=O) groups excluding carboxylic acids is 1. The molecule has 4 rings (SSSR count). The van der Waals surface area contributed by atoms with Gasteiger partial charge in [-0.2, -0.15) is 0 Å². The lowest BCUT2D eigenvalue weighted by Crippen LogP contribution is -2.38. The van der Waals surface area contributed by atoms with E-state index < -0.39 is 0 Å². The van der Waals surface area contributed by atoms with Gasteiger partial charge in [0.05, 0.1) is 24.8 Å².